The molecule has 3 N–H and O–H groups in total. The first-order valence-corrected chi connectivity index (χ1v) is 7.29. The molecule has 1 aromatic rings. The van der Waals surface area contributed by atoms with Crippen molar-refractivity contribution in [1.29, 1.82) is 0 Å². The van der Waals surface area contributed by atoms with Gasteiger partial charge in [0, 0.05) is 12.6 Å². The topological polar surface area (TPSA) is 64.4 Å². The number of ether oxygens (including phenoxy) is 1. The zero-order valence-electron chi connectivity index (χ0n) is 12.5. The summed E-state index contributed by atoms with van der Waals surface area (Å²) in [5.41, 5.74) is 7.12. The largest absolute Gasteiger partial charge is 0.488 e. The quantitative estimate of drug-likeness (QED) is 0.834. The van der Waals surface area contributed by atoms with Crippen molar-refractivity contribution in [2.45, 2.75) is 39.2 Å². The van der Waals surface area contributed by atoms with Crippen molar-refractivity contribution in [2.24, 2.45) is 11.8 Å². The van der Waals surface area contributed by atoms with Gasteiger partial charge in [-0.2, -0.15) is 0 Å². The van der Waals surface area contributed by atoms with E-state index in [0.717, 1.165) is 18.8 Å². The van der Waals surface area contributed by atoms with Crippen molar-refractivity contribution in [3.05, 3.63) is 23.8 Å². The molecule has 1 aromatic carbocycles. The maximum Gasteiger partial charge on any atom is 0.251 e. The summed E-state index contributed by atoms with van der Waals surface area (Å²) in [4.78, 5) is 11.7. The predicted octanol–water partition coefficient (Wildman–Crippen LogP) is 2.83. The highest BCUT2D eigenvalue weighted by atomic mass is 16.5. The van der Waals surface area contributed by atoms with Crippen molar-refractivity contribution < 1.29 is 9.53 Å². The molecule has 0 aliphatic heterocycles. The van der Waals surface area contributed by atoms with Crippen molar-refractivity contribution in [2.75, 3.05) is 12.8 Å². The van der Waals surface area contributed by atoms with E-state index >= 15 is 0 Å². The summed E-state index contributed by atoms with van der Waals surface area (Å²) in [7, 11) is 1.61. The molecule has 0 radical (unpaired) electrons. The SMILES string of the molecule is CNC(=O)c1ccc(N)c(OC2CCC(C)C(C)C2)c1. The average molecular weight is 276 g/mol. The molecule has 1 aliphatic rings. The Morgan fingerprint density at radius 2 is 2.05 bits per heavy atom. The average Bonchev–Trinajstić information content (AvgIpc) is 2.44. The van der Waals surface area contributed by atoms with Gasteiger partial charge in [-0.15, -0.1) is 0 Å². The van der Waals surface area contributed by atoms with Crippen LogP contribution in [0.5, 0.6) is 5.75 Å². The molecule has 0 saturated heterocycles. The highest BCUT2D eigenvalue weighted by Gasteiger charge is 2.26. The third kappa shape index (κ3) is 3.24. The van der Waals surface area contributed by atoms with Crippen LogP contribution in [0.25, 0.3) is 0 Å². The number of carbonyl (C=O) groups is 1. The molecule has 0 spiro atoms. The van der Waals surface area contributed by atoms with Crippen LogP contribution in [0, 0.1) is 11.8 Å². The summed E-state index contributed by atoms with van der Waals surface area (Å²) in [5.74, 6) is 1.92. The minimum Gasteiger partial charge on any atom is -0.488 e. The van der Waals surface area contributed by atoms with Gasteiger partial charge in [0.25, 0.3) is 5.91 Å². The third-order valence-electron chi connectivity index (χ3n) is 4.35. The van der Waals surface area contributed by atoms with Gasteiger partial charge in [-0.05, 0) is 49.3 Å². The lowest BCUT2D eigenvalue weighted by molar-refractivity contribution is 0.0953. The molecular weight excluding hydrogens is 252 g/mol. The first-order valence-electron chi connectivity index (χ1n) is 7.29. The summed E-state index contributed by atoms with van der Waals surface area (Å²) >= 11 is 0. The zero-order valence-corrected chi connectivity index (χ0v) is 12.5. The van der Waals surface area contributed by atoms with Crippen molar-refractivity contribution in [3.63, 3.8) is 0 Å². The first-order chi connectivity index (χ1) is 9.51. The highest BCUT2D eigenvalue weighted by molar-refractivity contribution is 5.95. The van der Waals surface area contributed by atoms with E-state index in [1.54, 1.807) is 25.2 Å². The molecule has 3 unspecified atom stereocenters. The molecule has 4 nitrogen and oxygen atoms in total. The van der Waals surface area contributed by atoms with E-state index < -0.39 is 0 Å². The van der Waals surface area contributed by atoms with Gasteiger partial charge in [-0.3, -0.25) is 4.79 Å². The maximum absolute atomic E-state index is 11.7. The van der Waals surface area contributed by atoms with E-state index in [0.29, 0.717) is 22.9 Å². The van der Waals surface area contributed by atoms with Crippen LogP contribution in [0.1, 0.15) is 43.5 Å². The Labute approximate surface area is 120 Å². The molecule has 2 rings (SSSR count). The number of rotatable bonds is 3. The fraction of sp³-hybridized carbons (Fsp3) is 0.562. The van der Waals surface area contributed by atoms with E-state index in [1.807, 2.05) is 0 Å². The highest BCUT2D eigenvalue weighted by Crippen LogP contribution is 2.33. The number of carbonyl (C=O) groups excluding carboxylic acids is 1. The standard InChI is InChI=1S/C16H24N2O2/c1-10-4-6-13(8-11(10)2)20-15-9-12(16(19)18-3)5-7-14(15)17/h5,7,9-11,13H,4,6,8,17H2,1-3H3,(H,18,19). The number of anilines is 1. The summed E-state index contributed by atoms with van der Waals surface area (Å²) in [5, 5.41) is 2.61. The lowest BCUT2D eigenvalue weighted by Crippen LogP contribution is -2.29. The van der Waals surface area contributed by atoms with Crippen LogP contribution >= 0.6 is 0 Å². The first kappa shape index (κ1) is 14.7. The predicted molar refractivity (Wildman–Crippen MR) is 80.8 cm³/mol. The molecule has 110 valence electrons. The molecule has 3 atom stereocenters. The van der Waals surface area contributed by atoms with Crippen LogP contribution in [0.3, 0.4) is 0 Å². The summed E-state index contributed by atoms with van der Waals surface area (Å²) < 4.78 is 6.04. The number of amides is 1. The fourth-order valence-corrected chi connectivity index (χ4v) is 2.71. The number of nitrogen functional groups attached to an aromatic ring is 1. The molecule has 0 bridgehead atoms. The van der Waals surface area contributed by atoms with Crippen LogP contribution in [0.2, 0.25) is 0 Å². The molecule has 1 fully saturated rings. The minimum absolute atomic E-state index is 0.125. The summed E-state index contributed by atoms with van der Waals surface area (Å²) in [6, 6.07) is 5.18. The van der Waals surface area contributed by atoms with E-state index in [4.69, 9.17) is 10.5 Å². The van der Waals surface area contributed by atoms with Gasteiger partial charge < -0.3 is 15.8 Å². The number of benzene rings is 1. The number of nitrogens with two attached hydrogens (primary N) is 1. The smallest absolute Gasteiger partial charge is 0.251 e. The molecule has 1 saturated carbocycles. The molecule has 0 heterocycles. The minimum atomic E-state index is -0.125. The summed E-state index contributed by atoms with van der Waals surface area (Å²) in [6.45, 7) is 4.56. The fourth-order valence-electron chi connectivity index (χ4n) is 2.71. The van der Waals surface area contributed by atoms with Crippen molar-refractivity contribution in [1.82, 2.24) is 5.32 Å². The van der Waals surface area contributed by atoms with Crippen LogP contribution in [0.15, 0.2) is 18.2 Å². The van der Waals surface area contributed by atoms with Gasteiger partial charge in [0.05, 0.1) is 11.8 Å². The molecule has 1 aliphatic carbocycles. The van der Waals surface area contributed by atoms with Crippen LogP contribution < -0.4 is 15.8 Å². The second-order valence-electron chi connectivity index (χ2n) is 5.84. The Kier molecular flexibility index (Phi) is 4.53. The Balaban J connectivity index is 2.10. The van der Waals surface area contributed by atoms with Gasteiger partial charge in [-0.1, -0.05) is 13.8 Å². The van der Waals surface area contributed by atoms with Gasteiger partial charge in [-0.25, -0.2) is 0 Å². The normalized spacial score (nSPS) is 26.1. The Morgan fingerprint density at radius 3 is 2.70 bits per heavy atom. The van der Waals surface area contributed by atoms with Gasteiger partial charge >= 0.3 is 0 Å². The van der Waals surface area contributed by atoms with Gasteiger partial charge in [0.1, 0.15) is 5.75 Å². The van der Waals surface area contributed by atoms with Crippen molar-refractivity contribution in [3.8, 4) is 5.75 Å². The number of nitrogens with one attached hydrogen (secondary N) is 1. The summed E-state index contributed by atoms with van der Waals surface area (Å²) in [6.07, 6.45) is 3.48. The zero-order chi connectivity index (χ0) is 14.7. The van der Waals surface area contributed by atoms with E-state index in [9.17, 15) is 4.79 Å². The van der Waals surface area contributed by atoms with E-state index in [1.165, 1.54) is 6.42 Å². The van der Waals surface area contributed by atoms with Crippen LogP contribution in [0.4, 0.5) is 5.69 Å². The molecule has 0 aromatic heterocycles. The van der Waals surface area contributed by atoms with E-state index in [-0.39, 0.29) is 12.0 Å². The lowest BCUT2D eigenvalue weighted by Gasteiger charge is -2.32. The Hall–Kier alpha value is -1.71. The van der Waals surface area contributed by atoms with Crippen molar-refractivity contribution >= 4 is 11.6 Å². The monoisotopic (exact) mass is 276 g/mol. The number of hydrogen-bond acceptors (Lipinski definition) is 3. The Bertz CT molecular complexity index is 487. The Morgan fingerprint density at radius 1 is 1.30 bits per heavy atom. The number of hydrogen-bond donors (Lipinski definition) is 2. The maximum atomic E-state index is 11.7. The second kappa shape index (κ2) is 6.16. The molecule has 20 heavy (non-hydrogen) atoms. The van der Waals surface area contributed by atoms with E-state index in [2.05, 4.69) is 19.2 Å². The molecule has 4 heteroatoms. The third-order valence-corrected chi connectivity index (χ3v) is 4.35. The second-order valence-corrected chi connectivity index (χ2v) is 5.84. The van der Waals surface area contributed by atoms with Gasteiger partial charge in [0.15, 0.2) is 0 Å². The molecule has 1 amide bonds. The van der Waals surface area contributed by atoms with Crippen LogP contribution in [-0.2, 0) is 0 Å². The molecular formula is C16H24N2O2. The van der Waals surface area contributed by atoms with Crippen LogP contribution in [-0.4, -0.2) is 19.1 Å². The van der Waals surface area contributed by atoms with Gasteiger partial charge in [0.2, 0.25) is 0 Å². The lowest BCUT2D eigenvalue weighted by atomic mass is 9.80.